The maximum absolute atomic E-state index is 13.7. The van der Waals surface area contributed by atoms with Gasteiger partial charge in [0.25, 0.3) is 5.91 Å². The number of carbonyl (C=O) groups is 1. The molecule has 3 rings (SSSR count). The maximum atomic E-state index is 13.7. The van der Waals surface area contributed by atoms with Gasteiger partial charge in [-0.3, -0.25) is 9.69 Å². The van der Waals surface area contributed by atoms with Crippen molar-refractivity contribution < 1.29 is 9.18 Å². The predicted molar refractivity (Wildman–Crippen MR) is 84.4 cm³/mol. The summed E-state index contributed by atoms with van der Waals surface area (Å²) < 4.78 is 13.7. The topological polar surface area (TPSA) is 36.4 Å². The monoisotopic (exact) mass is 319 g/mol. The molecule has 2 aromatic rings. The van der Waals surface area contributed by atoms with Gasteiger partial charge in [0.05, 0.1) is 16.3 Å². The van der Waals surface area contributed by atoms with E-state index in [4.69, 9.17) is 0 Å². The first-order valence-corrected chi connectivity index (χ1v) is 8.18. The minimum absolute atomic E-state index is 0.158. The van der Waals surface area contributed by atoms with Gasteiger partial charge in [0.2, 0.25) is 0 Å². The van der Waals surface area contributed by atoms with E-state index in [9.17, 15) is 9.18 Å². The van der Waals surface area contributed by atoms with E-state index in [1.165, 1.54) is 6.07 Å². The molecule has 6 heteroatoms. The largest absolute Gasteiger partial charge is 0.336 e. The highest BCUT2D eigenvalue weighted by Crippen LogP contribution is 2.15. The van der Waals surface area contributed by atoms with Crippen LogP contribution in [0, 0.1) is 12.7 Å². The summed E-state index contributed by atoms with van der Waals surface area (Å²) >= 11 is 1.65. The minimum atomic E-state index is -0.451. The fourth-order valence-electron chi connectivity index (χ4n) is 2.62. The van der Waals surface area contributed by atoms with Gasteiger partial charge in [-0.2, -0.15) is 0 Å². The number of hydrogen-bond acceptors (Lipinski definition) is 4. The van der Waals surface area contributed by atoms with Crippen molar-refractivity contribution in [2.24, 2.45) is 0 Å². The Bertz CT molecular complexity index is 665. The van der Waals surface area contributed by atoms with Crippen LogP contribution in [0.15, 0.2) is 29.6 Å². The average molecular weight is 319 g/mol. The van der Waals surface area contributed by atoms with E-state index in [0.29, 0.717) is 13.1 Å². The Hall–Kier alpha value is -1.79. The van der Waals surface area contributed by atoms with Gasteiger partial charge in [-0.1, -0.05) is 12.1 Å². The zero-order valence-corrected chi connectivity index (χ0v) is 13.3. The van der Waals surface area contributed by atoms with Crippen LogP contribution in [0.1, 0.15) is 21.1 Å². The number of aryl methyl sites for hydroxylation is 1. The first-order valence-electron chi connectivity index (χ1n) is 7.30. The van der Waals surface area contributed by atoms with Crippen molar-refractivity contribution in [3.05, 3.63) is 51.7 Å². The van der Waals surface area contributed by atoms with E-state index < -0.39 is 5.82 Å². The van der Waals surface area contributed by atoms with Crippen LogP contribution >= 0.6 is 11.3 Å². The summed E-state index contributed by atoms with van der Waals surface area (Å²) in [7, 11) is 0. The van der Waals surface area contributed by atoms with Gasteiger partial charge in [0, 0.05) is 38.1 Å². The summed E-state index contributed by atoms with van der Waals surface area (Å²) in [5.41, 5.74) is 1.24. The molecule has 0 aliphatic carbocycles. The van der Waals surface area contributed by atoms with Gasteiger partial charge in [-0.15, -0.1) is 11.3 Å². The van der Waals surface area contributed by atoms with Crippen LogP contribution < -0.4 is 0 Å². The van der Waals surface area contributed by atoms with Crippen molar-refractivity contribution in [1.29, 1.82) is 0 Å². The van der Waals surface area contributed by atoms with Gasteiger partial charge in [-0.05, 0) is 19.1 Å². The number of benzene rings is 1. The van der Waals surface area contributed by atoms with E-state index in [1.54, 1.807) is 34.4 Å². The number of aromatic nitrogens is 1. The van der Waals surface area contributed by atoms with Gasteiger partial charge in [0.1, 0.15) is 5.82 Å². The fourth-order valence-corrected chi connectivity index (χ4v) is 3.23. The SMILES string of the molecule is Cc1nc(CN2CCN(C(=O)c3ccccc3F)CC2)cs1. The van der Waals surface area contributed by atoms with Crippen molar-refractivity contribution in [3.63, 3.8) is 0 Å². The van der Waals surface area contributed by atoms with Crippen molar-refractivity contribution in [2.45, 2.75) is 13.5 Å². The van der Waals surface area contributed by atoms with Crippen molar-refractivity contribution in [2.75, 3.05) is 26.2 Å². The molecule has 1 aliphatic heterocycles. The first kappa shape index (κ1) is 15.1. The molecule has 0 radical (unpaired) electrons. The average Bonchev–Trinajstić information content (AvgIpc) is 2.93. The lowest BCUT2D eigenvalue weighted by Crippen LogP contribution is -2.48. The minimum Gasteiger partial charge on any atom is -0.336 e. The third-order valence-corrected chi connectivity index (χ3v) is 4.64. The molecule has 2 heterocycles. The molecule has 1 amide bonds. The Morgan fingerprint density at radius 3 is 2.64 bits per heavy atom. The molecule has 0 saturated carbocycles. The Labute approximate surface area is 133 Å². The summed E-state index contributed by atoms with van der Waals surface area (Å²) in [6.07, 6.45) is 0. The van der Waals surface area contributed by atoms with Crippen LogP contribution in [-0.2, 0) is 6.54 Å². The molecule has 0 N–H and O–H groups in total. The van der Waals surface area contributed by atoms with E-state index >= 15 is 0 Å². The number of hydrogen-bond donors (Lipinski definition) is 0. The maximum Gasteiger partial charge on any atom is 0.256 e. The number of carbonyl (C=O) groups excluding carboxylic acids is 1. The fraction of sp³-hybridized carbons (Fsp3) is 0.375. The number of nitrogens with zero attached hydrogens (tertiary/aromatic N) is 3. The quantitative estimate of drug-likeness (QED) is 0.872. The zero-order valence-electron chi connectivity index (χ0n) is 12.5. The van der Waals surface area contributed by atoms with Crippen LogP contribution in [0.3, 0.4) is 0 Å². The molecule has 1 aromatic carbocycles. The third-order valence-electron chi connectivity index (χ3n) is 3.82. The summed E-state index contributed by atoms with van der Waals surface area (Å²) in [6, 6.07) is 6.16. The van der Waals surface area contributed by atoms with Gasteiger partial charge in [0.15, 0.2) is 0 Å². The summed E-state index contributed by atoms with van der Waals surface area (Å²) in [4.78, 5) is 20.8. The Balaban J connectivity index is 1.57. The highest BCUT2D eigenvalue weighted by molar-refractivity contribution is 7.09. The molecule has 1 saturated heterocycles. The molecular formula is C16H18FN3OS. The molecule has 22 heavy (non-hydrogen) atoms. The van der Waals surface area contributed by atoms with Crippen LogP contribution in [0.4, 0.5) is 4.39 Å². The second-order valence-electron chi connectivity index (χ2n) is 5.41. The Kier molecular flexibility index (Phi) is 4.49. The lowest BCUT2D eigenvalue weighted by Gasteiger charge is -2.34. The molecule has 0 atom stereocenters. The zero-order chi connectivity index (χ0) is 15.5. The summed E-state index contributed by atoms with van der Waals surface area (Å²) in [5, 5.41) is 3.15. The van der Waals surface area contributed by atoms with Gasteiger partial charge >= 0.3 is 0 Å². The van der Waals surface area contributed by atoms with E-state index in [2.05, 4.69) is 15.3 Å². The Morgan fingerprint density at radius 1 is 1.27 bits per heavy atom. The highest BCUT2D eigenvalue weighted by Gasteiger charge is 2.24. The number of amides is 1. The lowest BCUT2D eigenvalue weighted by molar-refractivity contribution is 0.0622. The molecule has 1 fully saturated rings. The van der Waals surface area contributed by atoms with Crippen LogP contribution in [0.25, 0.3) is 0 Å². The van der Waals surface area contributed by atoms with E-state index in [-0.39, 0.29) is 11.5 Å². The van der Waals surface area contributed by atoms with Gasteiger partial charge < -0.3 is 4.90 Å². The number of halogens is 1. The van der Waals surface area contributed by atoms with Crippen LogP contribution in [0.2, 0.25) is 0 Å². The second kappa shape index (κ2) is 6.54. The number of rotatable bonds is 3. The van der Waals surface area contributed by atoms with Crippen molar-refractivity contribution in [1.82, 2.24) is 14.8 Å². The van der Waals surface area contributed by atoms with Gasteiger partial charge in [-0.25, -0.2) is 9.37 Å². The first-order chi connectivity index (χ1) is 10.6. The molecule has 0 unspecified atom stereocenters. The predicted octanol–water partition coefficient (Wildman–Crippen LogP) is 2.55. The van der Waals surface area contributed by atoms with Crippen LogP contribution in [0.5, 0.6) is 0 Å². The molecular weight excluding hydrogens is 301 g/mol. The summed E-state index contributed by atoms with van der Waals surface area (Å²) in [5.74, 6) is -0.671. The molecule has 1 aliphatic rings. The molecule has 4 nitrogen and oxygen atoms in total. The van der Waals surface area contributed by atoms with E-state index in [1.807, 2.05) is 6.92 Å². The normalized spacial score (nSPS) is 16.0. The second-order valence-corrected chi connectivity index (χ2v) is 6.47. The number of thiazole rings is 1. The molecule has 1 aromatic heterocycles. The molecule has 0 spiro atoms. The molecule has 116 valence electrons. The van der Waals surface area contributed by atoms with Crippen molar-refractivity contribution >= 4 is 17.2 Å². The lowest BCUT2D eigenvalue weighted by atomic mass is 10.1. The Morgan fingerprint density at radius 2 is 2.00 bits per heavy atom. The third kappa shape index (κ3) is 3.34. The highest BCUT2D eigenvalue weighted by atomic mass is 32.1. The van der Waals surface area contributed by atoms with E-state index in [0.717, 1.165) is 30.3 Å². The smallest absolute Gasteiger partial charge is 0.256 e. The van der Waals surface area contributed by atoms with Crippen molar-refractivity contribution in [3.8, 4) is 0 Å². The standard InChI is InChI=1S/C16H18FN3OS/c1-12-18-13(11-22-12)10-19-6-8-20(9-7-19)16(21)14-4-2-3-5-15(14)17/h2-5,11H,6-10H2,1H3. The number of piperazine rings is 1. The molecule has 0 bridgehead atoms. The summed E-state index contributed by atoms with van der Waals surface area (Å²) in [6.45, 7) is 5.63. The van der Waals surface area contributed by atoms with Crippen LogP contribution in [-0.4, -0.2) is 46.9 Å².